The van der Waals surface area contributed by atoms with Crippen molar-refractivity contribution in [1.29, 1.82) is 0 Å². The van der Waals surface area contributed by atoms with Crippen LogP contribution >= 0.6 is 12.6 Å². The van der Waals surface area contributed by atoms with E-state index in [1.807, 2.05) is 0 Å². The predicted octanol–water partition coefficient (Wildman–Crippen LogP) is 3.47. The molecule has 13 heavy (non-hydrogen) atoms. The summed E-state index contributed by atoms with van der Waals surface area (Å²) in [5, 5.41) is 0. The zero-order chi connectivity index (χ0) is 9.90. The molecule has 0 atom stereocenters. The van der Waals surface area contributed by atoms with E-state index in [0.717, 1.165) is 0 Å². The van der Waals surface area contributed by atoms with Gasteiger partial charge in [-0.1, -0.05) is 18.2 Å². The SMILES string of the molecule is FC(F)(F)CCc1ccccc1S. The Hall–Kier alpha value is -0.640. The largest absolute Gasteiger partial charge is 0.389 e. The predicted molar refractivity (Wildman–Crippen MR) is 48.1 cm³/mol. The Morgan fingerprint density at radius 1 is 1.15 bits per heavy atom. The number of alkyl halides is 3. The van der Waals surface area contributed by atoms with Crippen molar-refractivity contribution in [1.82, 2.24) is 0 Å². The average molecular weight is 206 g/mol. The summed E-state index contributed by atoms with van der Waals surface area (Å²) < 4.78 is 35.5. The second kappa shape index (κ2) is 4.05. The van der Waals surface area contributed by atoms with Gasteiger partial charge in [-0.3, -0.25) is 0 Å². The number of halogens is 3. The Morgan fingerprint density at radius 3 is 2.31 bits per heavy atom. The molecule has 0 saturated carbocycles. The van der Waals surface area contributed by atoms with Crippen LogP contribution in [0.15, 0.2) is 29.2 Å². The molecule has 0 fully saturated rings. The normalized spacial score (nSPS) is 11.7. The van der Waals surface area contributed by atoms with E-state index in [1.165, 1.54) is 0 Å². The smallest absolute Gasteiger partial charge is 0.171 e. The Balaban J connectivity index is 2.60. The van der Waals surface area contributed by atoms with Crippen LogP contribution in [-0.4, -0.2) is 6.18 Å². The van der Waals surface area contributed by atoms with Gasteiger partial charge in [-0.05, 0) is 18.1 Å². The first-order valence-corrected chi connectivity index (χ1v) is 4.27. The maximum Gasteiger partial charge on any atom is 0.389 e. The third-order valence-electron chi connectivity index (χ3n) is 1.67. The molecule has 0 nitrogen and oxygen atoms in total. The molecule has 1 aromatic carbocycles. The summed E-state index contributed by atoms with van der Waals surface area (Å²) in [5.74, 6) is 0. The summed E-state index contributed by atoms with van der Waals surface area (Å²) in [4.78, 5) is 0.617. The molecular weight excluding hydrogens is 197 g/mol. The molecular formula is C9H9F3S. The first-order chi connectivity index (χ1) is 5.99. The van der Waals surface area contributed by atoms with Gasteiger partial charge in [0.25, 0.3) is 0 Å². The quantitative estimate of drug-likeness (QED) is 0.704. The fourth-order valence-corrected chi connectivity index (χ4v) is 1.27. The minimum atomic E-state index is -4.09. The number of thiol groups is 1. The van der Waals surface area contributed by atoms with E-state index in [-0.39, 0.29) is 6.42 Å². The Morgan fingerprint density at radius 2 is 1.77 bits per heavy atom. The van der Waals surface area contributed by atoms with Gasteiger partial charge in [-0.25, -0.2) is 0 Å². The van der Waals surface area contributed by atoms with Gasteiger partial charge in [0.1, 0.15) is 0 Å². The van der Waals surface area contributed by atoms with Crippen molar-refractivity contribution in [3.05, 3.63) is 29.8 Å². The van der Waals surface area contributed by atoms with Crippen LogP contribution in [0.4, 0.5) is 13.2 Å². The summed E-state index contributed by atoms with van der Waals surface area (Å²) in [5.41, 5.74) is 0.642. The molecule has 0 amide bonds. The van der Waals surface area contributed by atoms with E-state index >= 15 is 0 Å². The lowest BCUT2D eigenvalue weighted by Crippen LogP contribution is -2.08. The van der Waals surface area contributed by atoms with Gasteiger partial charge in [-0.15, -0.1) is 12.6 Å². The number of aryl methyl sites for hydroxylation is 1. The van der Waals surface area contributed by atoms with Crippen LogP contribution < -0.4 is 0 Å². The number of benzene rings is 1. The van der Waals surface area contributed by atoms with Gasteiger partial charge in [-0.2, -0.15) is 13.2 Å². The van der Waals surface area contributed by atoms with E-state index in [9.17, 15) is 13.2 Å². The maximum absolute atomic E-state index is 11.8. The molecule has 0 heterocycles. The van der Waals surface area contributed by atoms with Crippen LogP contribution in [0.25, 0.3) is 0 Å². The van der Waals surface area contributed by atoms with Crippen LogP contribution in [0.2, 0.25) is 0 Å². The third-order valence-corrected chi connectivity index (χ3v) is 2.11. The lowest BCUT2D eigenvalue weighted by molar-refractivity contribution is -0.134. The number of rotatable bonds is 2. The molecule has 0 spiro atoms. The van der Waals surface area contributed by atoms with Crippen LogP contribution in [0.5, 0.6) is 0 Å². The van der Waals surface area contributed by atoms with Crippen LogP contribution in [-0.2, 0) is 6.42 Å². The highest BCUT2D eigenvalue weighted by atomic mass is 32.1. The summed E-state index contributed by atoms with van der Waals surface area (Å²) in [6.45, 7) is 0. The molecule has 0 bridgehead atoms. The van der Waals surface area contributed by atoms with Gasteiger partial charge in [0.2, 0.25) is 0 Å². The Bertz CT molecular complexity index is 280. The minimum absolute atomic E-state index is 0.00315. The molecule has 0 aliphatic heterocycles. The van der Waals surface area contributed by atoms with Crippen molar-refractivity contribution in [2.75, 3.05) is 0 Å². The third kappa shape index (κ3) is 3.72. The maximum atomic E-state index is 11.8. The molecule has 0 aromatic heterocycles. The van der Waals surface area contributed by atoms with Crippen molar-refractivity contribution < 1.29 is 13.2 Å². The molecule has 0 unspecified atom stereocenters. The highest BCUT2D eigenvalue weighted by Gasteiger charge is 2.26. The van der Waals surface area contributed by atoms with Crippen molar-refractivity contribution in [2.24, 2.45) is 0 Å². The Labute approximate surface area is 80.2 Å². The van der Waals surface area contributed by atoms with Crippen molar-refractivity contribution in [3.63, 3.8) is 0 Å². The van der Waals surface area contributed by atoms with Crippen LogP contribution in [0.3, 0.4) is 0 Å². The monoisotopic (exact) mass is 206 g/mol. The fraction of sp³-hybridized carbons (Fsp3) is 0.333. The lowest BCUT2D eigenvalue weighted by Gasteiger charge is -2.07. The molecule has 0 radical (unpaired) electrons. The lowest BCUT2D eigenvalue weighted by atomic mass is 10.1. The molecule has 0 saturated heterocycles. The summed E-state index contributed by atoms with van der Waals surface area (Å²) in [7, 11) is 0. The second-order valence-corrected chi connectivity index (χ2v) is 3.23. The number of hydrogen-bond acceptors (Lipinski definition) is 1. The van der Waals surface area contributed by atoms with Gasteiger partial charge in [0, 0.05) is 11.3 Å². The summed E-state index contributed by atoms with van der Waals surface area (Å²) in [6.07, 6.45) is -4.87. The second-order valence-electron chi connectivity index (χ2n) is 2.74. The van der Waals surface area contributed by atoms with Crippen LogP contribution in [0, 0.1) is 0 Å². The summed E-state index contributed by atoms with van der Waals surface area (Å²) >= 11 is 4.06. The van der Waals surface area contributed by atoms with E-state index < -0.39 is 12.6 Å². The van der Waals surface area contributed by atoms with Crippen molar-refractivity contribution >= 4 is 12.6 Å². The first kappa shape index (κ1) is 10.4. The Kier molecular flexibility index (Phi) is 3.25. The van der Waals surface area contributed by atoms with Crippen LogP contribution in [0.1, 0.15) is 12.0 Å². The van der Waals surface area contributed by atoms with E-state index in [0.29, 0.717) is 10.5 Å². The van der Waals surface area contributed by atoms with Gasteiger partial charge >= 0.3 is 6.18 Å². The van der Waals surface area contributed by atoms with Gasteiger partial charge in [0.05, 0.1) is 0 Å². The topological polar surface area (TPSA) is 0 Å². The molecule has 72 valence electrons. The molecule has 0 N–H and O–H groups in total. The highest BCUT2D eigenvalue weighted by molar-refractivity contribution is 7.80. The van der Waals surface area contributed by atoms with Gasteiger partial charge < -0.3 is 0 Å². The zero-order valence-corrected chi connectivity index (χ0v) is 7.70. The molecule has 4 heteroatoms. The standard InChI is InChI=1S/C9H9F3S/c10-9(11,12)6-5-7-3-1-2-4-8(7)13/h1-4,13H,5-6H2. The van der Waals surface area contributed by atoms with E-state index in [4.69, 9.17) is 0 Å². The highest BCUT2D eigenvalue weighted by Crippen LogP contribution is 2.24. The summed E-state index contributed by atoms with van der Waals surface area (Å²) in [6, 6.07) is 6.81. The van der Waals surface area contributed by atoms with Gasteiger partial charge in [0.15, 0.2) is 0 Å². The van der Waals surface area contributed by atoms with Crippen molar-refractivity contribution in [2.45, 2.75) is 23.9 Å². The van der Waals surface area contributed by atoms with Crippen molar-refractivity contribution in [3.8, 4) is 0 Å². The number of hydrogen-bond donors (Lipinski definition) is 1. The molecule has 1 aromatic rings. The fourth-order valence-electron chi connectivity index (χ4n) is 0.999. The molecule has 0 aliphatic rings. The average Bonchev–Trinajstić information content (AvgIpc) is 2.01. The zero-order valence-electron chi connectivity index (χ0n) is 6.80. The first-order valence-electron chi connectivity index (χ1n) is 3.83. The minimum Gasteiger partial charge on any atom is -0.171 e. The molecule has 0 aliphatic carbocycles. The van der Waals surface area contributed by atoms with E-state index in [2.05, 4.69) is 12.6 Å². The molecule has 1 rings (SSSR count). The van der Waals surface area contributed by atoms with E-state index in [1.54, 1.807) is 24.3 Å².